The van der Waals surface area contributed by atoms with E-state index in [0.717, 1.165) is 17.2 Å². The number of aliphatic hydroxyl groups is 3. The summed E-state index contributed by atoms with van der Waals surface area (Å²) in [6.07, 6.45) is -6.32. The Balaban J connectivity index is 1.93. The summed E-state index contributed by atoms with van der Waals surface area (Å²) in [4.78, 5) is 33.2. The van der Waals surface area contributed by atoms with E-state index in [4.69, 9.17) is 9.84 Å². The van der Waals surface area contributed by atoms with Gasteiger partial charge < -0.3 is 30.3 Å². The highest BCUT2D eigenvalue weighted by atomic mass is 16.6. The van der Waals surface area contributed by atoms with Crippen molar-refractivity contribution in [3.05, 3.63) is 12.7 Å². The molecule has 0 aliphatic carbocycles. The smallest absolute Gasteiger partial charge is 0.375 e. The van der Waals surface area contributed by atoms with E-state index in [9.17, 15) is 30.0 Å². The van der Waals surface area contributed by atoms with Gasteiger partial charge >= 0.3 is 5.97 Å². The quantitative estimate of drug-likeness (QED) is 0.361. The summed E-state index contributed by atoms with van der Waals surface area (Å²) in [5.41, 5.74) is 0.0758. The maximum atomic E-state index is 11.3. The average molecular weight is 340 g/mol. The van der Waals surface area contributed by atoms with Gasteiger partial charge in [0.1, 0.15) is 24.6 Å². The molecule has 12 nitrogen and oxygen atoms in total. The van der Waals surface area contributed by atoms with Crippen LogP contribution in [0, 0.1) is 0 Å². The molecule has 5 atom stereocenters. The summed E-state index contributed by atoms with van der Waals surface area (Å²) in [7, 11) is 0. The highest BCUT2D eigenvalue weighted by Gasteiger charge is 2.50. The average Bonchev–Trinajstić information content (AvgIpc) is 3.09. The highest BCUT2D eigenvalue weighted by Crippen LogP contribution is 2.33. The van der Waals surface area contributed by atoms with Crippen LogP contribution in [-0.2, 0) is 14.3 Å². The van der Waals surface area contributed by atoms with Gasteiger partial charge in [-0.1, -0.05) is 0 Å². The molecule has 1 fully saturated rings. The maximum Gasteiger partial charge on any atom is 0.375 e. The fourth-order valence-corrected chi connectivity index (χ4v) is 2.48. The second kappa shape index (κ2) is 5.76. The van der Waals surface area contributed by atoms with E-state index in [2.05, 4.69) is 15.0 Å². The summed E-state index contributed by atoms with van der Waals surface area (Å²) in [5, 5.41) is 48.0. The molecule has 3 heterocycles. The fraction of sp³-hybridized carbons (Fsp3) is 0.417. The van der Waals surface area contributed by atoms with Crippen molar-refractivity contribution in [1.29, 1.82) is 0 Å². The standard InChI is InChI=1S/C12H12N4O8/c17-4-6(19)11(24-8(4)5(18)7(20)12(22)23)16-2-15-3-9(16)13-1-14-10(3)21/h1-2,4-6,8,11,17-19H,(H,22,23)(H,13,14,21)/t4-,5-,6+,8-,11+/m0/s1. The van der Waals surface area contributed by atoms with Crippen LogP contribution >= 0.6 is 0 Å². The number of hydrogen-bond donors (Lipinski definition) is 5. The Morgan fingerprint density at radius 1 is 1.21 bits per heavy atom. The van der Waals surface area contributed by atoms with E-state index >= 15 is 0 Å². The lowest BCUT2D eigenvalue weighted by atomic mass is 10.0. The van der Waals surface area contributed by atoms with Crippen LogP contribution in [0.1, 0.15) is 6.23 Å². The summed E-state index contributed by atoms with van der Waals surface area (Å²) in [5.74, 6) is -3.89. The summed E-state index contributed by atoms with van der Waals surface area (Å²) < 4.78 is 6.41. The maximum absolute atomic E-state index is 11.3. The number of Topliss-reactive ketones (excluding diaryl/α,β-unsaturated/α-hetero) is 1. The molecular formula is C12H12N4O8. The van der Waals surface area contributed by atoms with Crippen molar-refractivity contribution >= 4 is 22.9 Å². The van der Waals surface area contributed by atoms with Gasteiger partial charge in [-0.2, -0.15) is 4.98 Å². The number of carboxylic acid groups (broad SMARTS) is 1. The Morgan fingerprint density at radius 3 is 2.58 bits per heavy atom. The second-order valence-electron chi connectivity index (χ2n) is 5.11. The number of aromatic hydroxyl groups is 1. The minimum absolute atomic E-state index is 0.00778. The molecule has 3 rings (SSSR count). The van der Waals surface area contributed by atoms with Crippen LogP contribution in [0.4, 0.5) is 0 Å². The molecule has 0 spiro atoms. The van der Waals surface area contributed by atoms with Gasteiger partial charge in [0.15, 0.2) is 23.5 Å². The third-order valence-electron chi connectivity index (χ3n) is 3.68. The van der Waals surface area contributed by atoms with Crippen molar-refractivity contribution in [3.8, 4) is 5.88 Å². The van der Waals surface area contributed by atoms with Crippen LogP contribution < -0.4 is 0 Å². The largest absolute Gasteiger partial charge is 0.492 e. The number of rotatable bonds is 4. The Morgan fingerprint density at radius 2 is 1.92 bits per heavy atom. The molecule has 0 aromatic carbocycles. The summed E-state index contributed by atoms with van der Waals surface area (Å²) in [6, 6.07) is 0. The number of ketones is 1. The molecular weight excluding hydrogens is 328 g/mol. The monoisotopic (exact) mass is 340 g/mol. The molecule has 24 heavy (non-hydrogen) atoms. The number of carbonyl (C=O) groups excluding carboxylic acids is 1. The predicted molar refractivity (Wildman–Crippen MR) is 71.6 cm³/mol. The molecule has 1 saturated heterocycles. The number of fused-ring (bicyclic) bond motifs is 1. The molecule has 1 aliphatic rings. The number of ether oxygens (including phenoxy) is 1. The Hall–Kier alpha value is -2.67. The molecule has 0 amide bonds. The van der Waals surface area contributed by atoms with E-state index < -0.39 is 48.3 Å². The van der Waals surface area contributed by atoms with E-state index in [1.807, 2.05) is 0 Å². The van der Waals surface area contributed by atoms with E-state index in [1.165, 1.54) is 0 Å². The SMILES string of the molecule is O=C(O)C(=O)[C@H](O)[C@H]1O[C@@H](n2cnc3c(O)ncnc32)[C@H](O)[C@@H]1O. The van der Waals surface area contributed by atoms with Crippen LogP contribution in [0.3, 0.4) is 0 Å². The molecule has 12 heteroatoms. The lowest BCUT2D eigenvalue weighted by Crippen LogP contribution is -2.45. The molecule has 0 unspecified atom stereocenters. The first-order valence-electron chi connectivity index (χ1n) is 6.66. The molecule has 5 N–H and O–H groups in total. The van der Waals surface area contributed by atoms with Gasteiger partial charge in [-0.15, -0.1) is 0 Å². The lowest BCUT2D eigenvalue weighted by molar-refractivity contribution is -0.160. The molecule has 2 aromatic heterocycles. The van der Waals surface area contributed by atoms with Gasteiger partial charge in [-0.25, -0.2) is 14.8 Å². The molecule has 128 valence electrons. The zero-order valence-electron chi connectivity index (χ0n) is 11.8. The van der Waals surface area contributed by atoms with Crippen LogP contribution in [0.5, 0.6) is 5.88 Å². The highest BCUT2D eigenvalue weighted by molar-refractivity contribution is 6.34. The van der Waals surface area contributed by atoms with Gasteiger partial charge in [0.25, 0.3) is 5.78 Å². The van der Waals surface area contributed by atoms with Crippen LogP contribution in [0.25, 0.3) is 11.2 Å². The van der Waals surface area contributed by atoms with E-state index in [1.54, 1.807) is 0 Å². The number of nitrogens with zero attached hydrogens (tertiary/aromatic N) is 4. The fourth-order valence-electron chi connectivity index (χ4n) is 2.48. The molecule has 2 aromatic rings. The molecule has 1 aliphatic heterocycles. The number of aromatic nitrogens is 4. The van der Waals surface area contributed by atoms with Crippen LogP contribution in [0.2, 0.25) is 0 Å². The zero-order chi connectivity index (χ0) is 17.6. The normalized spacial score (nSPS) is 28.1. The van der Waals surface area contributed by atoms with Crippen molar-refractivity contribution in [2.75, 3.05) is 0 Å². The van der Waals surface area contributed by atoms with Crippen molar-refractivity contribution in [3.63, 3.8) is 0 Å². The van der Waals surface area contributed by atoms with Gasteiger partial charge in [-0.05, 0) is 0 Å². The number of aliphatic hydroxyl groups excluding tert-OH is 3. The van der Waals surface area contributed by atoms with E-state index in [0.29, 0.717) is 0 Å². The Labute approximate surface area is 132 Å². The first-order valence-corrected chi connectivity index (χ1v) is 6.66. The van der Waals surface area contributed by atoms with Gasteiger partial charge in [0.05, 0.1) is 6.33 Å². The summed E-state index contributed by atoms with van der Waals surface area (Å²) in [6.45, 7) is 0. The minimum atomic E-state index is -2.17. The topological polar surface area (TPSA) is 188 Å². The Bertz CT molecular complexity index is 807. The van der Waals surface area contributed by atoms with Crippen molar-refractivity contribution in [2.45, 2.75) is 30.6 Å². The van der Waals surface area contributed by atoms with Crippen molar-refractivity contribution in [2.24, 2.45) is 0 Å². The molecule has 0 radical (unpaired) electrons. The minimum Gasteiger partial charge on any atom is -0.492 e. The van der Waals surface area contributed by atoms with E-state index in [-0.39, 0.29) is 11.2 Å². The number of imidazole rings is 1. The number of carbonyl (C=O) groups is 2. The Kier molecular flexibility index (Phi) is 3.88. The molecule has 0 bridgehead atoms. The van der Waals surface area contributed by atoms with Gasteiger partial charge in [0, 0.05) is 0 Å². The first kappa shape index (κ1) is 16.2. The van der Waals surface area contributed by atoms with Gasteiger partial charge in [-0.3, -0.25) is 9.36 Å². The number of hydrogen-bond acceptors (Lipinski definition) is 10. The first-order chi connectivity index (χ1) is 11.3. The third-order valence-corrected chi connectivity index (χ3v) is 3.68. The lowest BCUT2D eigenvalue weighted by Gasteiger charge is -2.18. The predicted octanol–water partition coefficient (Wildman–Crippen LogP) is -2.83. The second-order valence-corrected chi connectivity index (χ2v) is 5.11. The third kappa shape index (κ3) is 2.37. The number of aliphatic carboxylic acids is 1. The van der Waals surface area contributed by atoms with Gasteiger partial charge in [0.2, 0.25) is 5.88 Å². The van der Waals surface area contributed by atoms with Crippen LogP contribution in [-0.4, -0.2) is 81.2 Å². The van der Waals surface area contributed by atoms with Crippen molar-refractivity contribution in [1.82, 2.24) is 19.5 Å². The van der Waals surface area contributed by atoms with Crippen LogP contribution in [0.15, 0.2) is 12.7 Å². The van der Waals surface area contributed by atoms with Crippen molar-refractivity contribution < 1.29 is 39.9 Å². The number of carboxylic acids is 1. The summed E-state index contributed by atoms with van der Waals surface area (Å²) >= 11 is 0. The molecule has 0 saturated carbocycles. The zero-order valence-corrected chi connectivity index (χ0v) is 11.8.